The van der Waals surface area contributed by atoms with Crippen LogP contribution in [0.3, 0.4) is 0 Å². The van der Waals surface area contributed by atoms with Gasteiger partial charge in [-0.3, -0.25) is 4.79 Å². The Hall–Kier alpha value is -0.950. The van der Waals surface area contributed by atoms with E-state index in [1.165, 1.54) is 11.3 Å². The molecule has 0 bridgehead atoms. The second kappa shape index (κ2) is 5.40. The third kappa shape index (κ3) is 3.90. The number of carbonyl (C=O) groups excluding carboxylic acids is 1. The largest absolute Gasteiger partial charge is 0.393 e. The summed E-state index contributed by atoms with van der Waals surface area (Å²) in [6.45, 7) is 2.07. The SMILES string of the molecule is CC(O)(CO)CNCc1cc(C(N)=O)cs1. The van der Waals surface area contributed by atoms with Crippen LogP contribution in [0.25, 0.3) is 0 Å². The van der Waals surface area contributed by atoms with Crippen LogP contribution in [0, 0.1) is 0 Å². The van der Waals surface area contributed by atoms with Crippen molar-refractivity contribution in [2.75, 3.05) is 13.2 Å². The molecule has 1 aromatic rings. The lowest BCUT2D eigenvalue weighted by Crippen LogP contribution is -2.40. The monoisotopic (exact) mass is 244 g/mol. The number of hydrogen-bond acceptors (Lipinski definition) is 5. The van der Waals surface area contributed by atoms with Crippen molar-refractivity contribution in [1.29, 1.82) is 0 Å². The summed E-state index contributed by atoms with van der Waals surface area (Å²) in [6.07, 6.45) is 0. The van der Waals surface area contributed by atoms with Crippen LogP contribution in [0.2, 0.25) is 0 Å². The highest BCUT2D eigenvalue weighted by Crippen LogP contribution is 2.14. The summed E-state index contributed by atoms with van der Waals surface area (Å²) < 4.78 is 0. The average Bonchev–Trinajstić information content (AvgIpc) is 2.66. The molecule has 5 N–H and O–H groups in total. The first-order chi connectivity index (χ1) is 7.44. The van der Waals surface area contributed by atoms with Crippen molar-refractivity contribution in [3.63, 3.8) is 0 Å². The van der Waals surface area contributed by atoms with Crippen molar-refractivity contribution in [2.45, 2.75) is 19.1 Å². The second-order valence-electron chi connectivity index (χ2n) is 3.92. The maximum absolute atomic E-state index is 10.8. The lowest BCUT2D eigenvalue weighted by Gasteiger charge is -2.20. The van der Waals surface area contributed by atoms with E-state index >= 15 is 0 Å². The fourth-order valence-electron chi connectivity index (χ4n) is 1.11. The first-order valence-corrected chi connectivity index (χ1v) is 5.74. The third-order valence-electron chi connectivity index (χ3n) is 2.08. The molecule has 90 valence electrons. The average molecular weight is 244 g/mol. The molecule has 1 unspecified atom stereocenters. The molecule has 16 heavy (non-hydrogen) atoms. The molecule has 0 aromatic carbocycles. The van der Waals surface area contributed by atoms with Gasteiger partial charge in [-0.1, -0.05) is 0 Å². The van der Waals surface area contributed by atoms with Crippen LogP contribution < -0.4 is 11.1 Å². The molecule has 1 heterocycles. The lowest BCUT2D eigenvalue weighted by atomic mass is 10.1. The molecule has 5 nitrogen and oxygen atoms in total. The van der Waals surface area contributed by atoms with E-state index in [1.807, 2.05) is 0 Å². The molecular weight excluding hydrogens is 228 g/mol. The summed E-state index contributed by atoms with van der Waals surface area (Å²) in [5.41, 5.74) is 4.50. The number of rotatable bonds is 6. The number of thiophene rings is 1. The smallest absolute Gasteiger partial charge is 0.249 e. The van der Waals surface area contributed by atoms with Gasteiger partial charge in [0.15, 0.2) is 0 Å². The predicted octanol–water partition coefficient (Wildman–Crippen LogP) is -0.320. The van der Waals surface area contributed by atoms with E-state index in [1.54, 1.807) is 18.4 Å². The molecule has 0 spiro atoms. The molecule has 6 heteroatoms. The summed E-state index contributed by atoms with van der Waals surface area (Å²) in [4.78, 5) is 11.8. The molecule has 0 aliphatic carbocycles. The van der Waals surface area contributed by atoms with Gasteiger partial charge in [0.25, 0.3) is 0 Å². The molecule has 0 saturated heterocycles. The van der Waals surface area contributed by atoms with E-state index in [0.717, 1.165) is 4.88 Å². The Morgan fingerprint density at radius 3 is 2.88 bits per heavy atom. The number of nitrogens with one attached hydrogen (secondary N) is 1. The number of aliphatic hydroxyl groups is 2. The maximum atomic E-state index is 10.8. The third-order valence-corrected chi connectivity index (χ3v) is 3.02. The van der Waals surface area contributed by atoms with E-state index in [-0.39, 0.29) is 13.2 Å². The van der Waals surface area contributed by atoms with Crippen LogP contribution in [0.15, 0.2) is 11.4 Å². The first kappa shape index (κ1) is 13.1. The minimum Gasteiger partial charge on any atom is -0.393 e. The number of hydrogen-bond donors (Lipinski definition) is 4. The Morgan fingerprint density at radius 1 is 1.69 bits per heavy atom. The Morgan fingerprint density at radius 2 is 2.38 bits per heavy atom. The van der Waals surface area contributed by atoms with Crippen molar-refractivity contribution in [1.82, 2.24) is 5.32 Å². The van der Waals surface area contributed by atoms with Crippen molar-refractivity contribution in [2.24, 2.45) is 5.73 Å². The van der Waals surface area contributed by atoms with Crippen molar-refractivity contribution < 1.29 is 15.0 Å². The van der Waals surface area contributed by atoms with E-state index in [0.29, 0.717) is 12.1 Å². The zero-order valence-electron chi connectivity index (χ0n) is 9.06. The van der Waals surface area contributed by atoms with Crippen molar-refractivity contribution >= 4 is 17.2 Å². The van der Waals surface area contributed by atoms with Crippen LogP contribution in [0.5, 0.6) is 0 Å². The van der Waals surface area contributed by atoms with Gasteiger partial charge in [0, 0.05) is 23.3 Å². The van der Waals surface area contributed by atoms with Crippen LogP contribution >= 0.6 is 11.3 Å². The molecule has 1 amide bonds. The second-order valence-corrected chi connectivity index (χ2v) is 4.92. The van der Waals surface area contributed by atoms with Crippen LogP contribution in [0.4, 0.5) is 0 Å². The molecule has 1 atom stereocenters. The Labute approximate surface area is 97.9 Å². The minimum absolute atomic E-state index is 0.285. The molecule has 0 radical (unpaired) electrons. The number of carbonyl (C=O) groups is 1. The highest BCUT2D eigenvalue weighted by Gasteiger charge is 2.17. The number of primary amides is 1. The predicted molar refractivity (Wildman–Crippen MR) is 62.3 cm³/mol. The Balaban J connectivity index is 2.40. The molecule has 1 aromatic heterocycles. The highest BCUT2D eigenvalue weighted by molar-refractivity contribution is 7.10. The molecular formula is C10H16N2O3S. The Bertz CT molecular complexity index is 363. The summed E-state index contributed by atoms with van der Waals surface area (Å²) in [6, 6.07) is 1.72. The standard InChI is InChI=1S/C10H16N2O3S/c1-10(15,6-13)5-12-3-8-2-7(4-16-8)9(11)14/h2,4,12-13,15H,3,5-6H2,1H3,(H2,11,14). The van der Waals surface area contributed by atoms with Crippen LogP contribution in [0.1, 0.15) is 22.2 Å². The number of aliphatic hydroxyl groups excluding tert-OH is 1. The zero-order valence-corrected chi connectivity index (χ0v) is 9.88. The molecule has 0 saturated carbocycles. The normalized spacial score (nSPS) is 14.7. The summed E-state index contributed by atoms with van der Waals surface area (Å²) >= 11 is 1.43. The molecule has 0 aliphatic rings. The fraction of sp³-hybridized carbons (Fsp3) is 0.500. The van der Waals surface area contributed by atoms with Gasteiger partial charge in [-0.15, -0.1) is 11.3 Å². The topological polar surface area (TPSA) is 95.6 Å². The quantitative estimate of drug-likeness (QED) is 0.551. The van der Waals surface area contributed by atoms with E-state index in [2.05, 4.69) is 5.32 Å². The lowest BCUT2D eigenvalue weighted by molar-refractivity contribution is 0.00258. The first-order valence-electron chi connectivity index (χ1n) is 4.86. The molecule has 1 rings (SSSR count). The zero-order chi connectivity index (χ0) is 12.2. The number of nitrogens with two attached hydrogens (primary N) is 1. The van der Waals surface area contributed by atoms with Gasteiger partial charge in [-0.05, 0) is 13.0 Å². The van der Waals surface area contributed by atoms with Gasteiger partial charge in [-0.2, -0.15) is 0 Å². The van der Waals surface area contributed by atoms with Crippen LogP contribution in [-0.2, 0) is 6.54 Å². The fourth-order valence-corrected chi connectivity index (χ4v) is 1.96. The van der Waals surface area contributed by atoms with Gasteiger partial charge in [0.1, 0.15) is 0 Å². The van der Waals surface area contributed by atoms with E-state index in [9.17, 15) is 9.90 Å². The summed E-state index contributed by atoms with van der Waals surface area (Å²) in [5, 5.41) is 23.0. The van der Waals surface area contributed by atoms with Gasteiger partial charge in [-0.25, -0.2) is 0 Å². The highest BCUT2D eigenvalue weighted by atomic mass is 32.1. The molecule has 0 fully saturated rings. The van der Waals surface area contributed by atoms with E-state index < -0.39 is 11.5 Å². The minimum atomic E-state index is -1.12. The van der Waals surface area contributed by atoms with Crippen LogP contribution in [-0.4, -0.2) is 34.9 Å². The van der Waals surface area contributed by atoms with Gasteiger partial charge in [0.05, 0.1) is 17.8 Å². The Kier molecular flexibility index (Phi) is 4.43. The van der Waals surface area contributed by atoms with E-state index in [4.69, 9.17) is 10.8 Å². The maximum Gasteiger partial charge on any atom is 0.249 e. The van der Waals surface area contributed by atoms with Gasteiger partial charge < -0.3 is 21.3 Å². The van der Waals surface area contributed by atoms with Crippen molar-refractivity contribution in [3.05, 3.63) is 21.9 Å². The van der Waals surface area contributed by atoms with Crippen molar-refractivity contribution in [3.8, 4) is 0 Å². The summed E-state index contributed by atoms with van der Waals surface area (Å²) in [7, 11) is 0. The van der Waals surface area contributed by atoms with Gasteiger partial charge >= 0.3 is 0 Å². The van der Waals surface area contributed by atoms with Gasteiger partial charge in [0.2, 0.25) is 5.91 Å². The number of amides is 1. The molecule has 0 aliphatic heterocycles. The summed E-state index contributed by atoms with van der Waals surface area (Å²) in [5.74, 6) is -0.440.